The van der Waals surface area contributed by atoms with Gasteiger partial charge in [0.25, 0.3) is 5.91 Å². The molecule has 7 rings (SSSR count). The number of aryl methyl sites for hydroxylation is 2. The van der Waals surface area contributed by atoms with Crippen molar-refractivity contribution in [1.29, 1.82) is 0 Å². The van der Waals surface area contributed by atoms with Crippen molar-refractivity contribution in [2.45, 2.75) is 86.9 Å². The molecule has 2 saturated heterocycles. The molecule has 3 aromatic carbocycles. The molecule has 288 valence electrons. The molecule has 1 saturated carbocycles. The number of allylic oxidation sites excluding steroid dienone is 1. The van der Waals surface area contributed by atoms with Gasteiger partial charge in [-0.3, -0.25) is 9.69 Å². The fourth-order valence-corrected chi connectivity index (χ4v) is 8.47. The van der Waals surface area contributed by atoms with Crippen LogP contribution in [0, 0.1) is 29.8 Å². The maximum absolute atomic E-state index is 15.1. The summed E-state index contributed by atoms with van der Waals surface area (Å²) in [6.07, 6.45) is 2.73. The molecular weight excluding hydrogens is 762 g/mol. The van der Waals surface area contributed by atoms with Gasteiger partial charge in [-0.2, -0.15) is 4.39 Å². The Bertz CT molecular complexity index is 1980. The molecular formula is C41H43Cl3F3N3O4. The van der Waals surface area contributed by atoms with Gasteiger partial charge in [0.2, 0.25) is 9.61 Å². The van der Waals surface area contributed by atoms with Crippen LogP contribution in [0.2, 0.25) is 0 Å². The van der Waals surface area contributed by atoms with Crippen molar-refractivity contribution in [2.24, 2.45) is 5.41 Å². The van der Waals surface area contributed by atoms with E-state index in [4.69, 9.17) is 44.3 Å². The molecule has 0 aromatic heterocycles. The van der Waals surface area contributed by atoms with E-state index in [1.807, 2.05) is 67.4 Å². The number of likely N-dealkylation sites (tertiary alicyclic amines) is 2. The summed E-state index contributed by atoms with van der Waals surface area (Å²) < 4.78 is 51.0. The number of halogens is 6. The smallest absolute Gasteiger partial charge is 0.411 e. The average molecular weight is 805 g/mol. The Morgan fingerprint density at radius 1 is 0.981 bits per heavy atom. The highest BCUT2D eigenvalue weighted by Crippen LogP contribution is 2.62. The number of nitrogens with zero attached hydrogens (tertiary/aromatic N) is 3. The van der Waals surface area contributed by atoms with Crippen LogP contribution in [0.4, 0.5) is 18.0 Å². The summed E-state index contributed by atoms with van der Waals surface area (Å²) in [5.74, 6) is -4.30. The van der Waals surface area contributed by atoms with Crippen molar-refractivity contribution in [3.63, 3.8) is 0 Å². The van der Waals surface area contributed by atoms with Gasteiger partial charge in [-0.05, 0) is 99.9 Å². The van der Waals surface area contributed by atoms with Crippen LogP contribution in [0.5, 0.6) is 5.75 Å². The lowest BCUT2D eigenvalue weighted by atomic mass is 9.66. The van der Waals surface area contributed by atoms with E-state index in [2.05, 4.69) is 4.90 Å². The molecule has 0 N–H and O–H groups in total. The number of carbonyl (C=O) groups is 2. The van der Waals surface area contributed by atoms with Gasteiger partial charge in [0.15, 0.2) is 23.0 Å². The third-order valence-electron chi connectivity index (χ3n) is 11.5. The first-order chi connectivity index (χ1) is 25.5. The van der Waals surface area contributed by atoms with E-state index in [1.165, 1.54) is 0 Å². The largest absolute Gasteiger partial charge is 0.488 e. The van der Waals surface area contributed by atoms with E-state index in [0.29, 0.717) is 44.5 Å². The summed E-state index contributed by atoms with van der Waals surface area (Å²) in [7, 11) is 2.02. The molecule has 3 fully saturated rings. The maximum Gasteiger partial charge on any atom is 0.411 e. The van der Waals surface area contributed by atoms with Crippen molar-refractivity contribution >= 4 is 52.4 Å². The number of rotatable bonds is 11. The van der Waals surface area contributed by atoms with Gasteiger partial charge in [-0.25, -0.2) is 13.6 Å². The molecule has 2 heterocycles. The Labute approximate surface area is 328 Å². The SMILES string of the molecule is Cc1ccccc1CN(C(=O)C1=C(c2ccc(CCCOc3c(F)ccc(F)c3F)cc2)CC23CN(C)CC2N(C(=O)OC(C)(C)C(Cl)(Cl)Cl)C13)C1CC1. The van der Waals surface area contributed by atoms with Crippen LogP contribution in [-0.2, 0) is 22.5 Å². The summed E-state index contributed by atoms with van der Waals surface area (Å²) in [6.45, 7) is 6.88. The molecule has 7 nitrogen and oxygen atoms in total. The topological polar surface area (TPSA) is 62.3 Å². The van der Waals surface area contributed by atoms with Crippen molar-refractivity contribution in [1.82, 2.24) is 14.7 Å². The van der Waals surface area contributed by atoms with E-state index < -0.39 is 50.1 Å². The number of alkyl halides is 3. The first kappa shape index (κ1) is 38.8. The van der Waals surface area contributed by atoms with Crippen LogP contribution >= 0.6 is 34.8 Å². The van der Waals surface area contributed by atoms with Crippen LogP contribution < -0.4 is 4.74 Å². The Kier molecular flexibility index (Phi) is 10.5. The number of ether oxygens (including phenoxy) is 2. The first-order valence-electron chi connectivity index (χ1n) is 18.2. The quantitative estimate of drug-likeness (QED) is 0.110. The monoisotopic (exact) mass is 803 g/mol. The van der Waals surface area contributed by atoms with Gasteiger partial charge in [0, 0.05) is 36.7 Å². The summed E-state index contributed by atoms with van der Waals surface area (Å²) >= 11 is 18.7. The predicted octanol–water partition coefficient (Wildman–Crippen LogP) is 9.04. The van der Waals surface area contributed by atoms with E-state index >= 15 is 4.79 Å². The standard InChI is InChI=1S/C41H43Cl3F3N3O4/c1-24-8-5-6-10-27(24)21-49(28-15-16-28)37(51)33-29(26-13-11-25(12-14-26)9-7-19-53-35-31(46)18-17-30(45)34(35)47)20-40-23-48(4)22-32(40)50(36(33)40)38(52)54-39(2,3)41(42,43)44/h5-6,8,10-14,17-18,28,32,36H,7,9,15-16,19-23H2,1-4H3. The van der Waals surface area contributed by atoms with Gasteiger partial charge >= 0.3 is 6.09 Å². The Hall–Kier alpha value is -3.44. The highest BCUT2D eigenvalue weighted by molar-refractivity contribution is 6.68. The summed E-state index contributed by atoms with van der Waals surface area (Å²) in [6, 6.07) is 16.8. The van der Waals surface area contributed by atoms with Crippen molar-refractivity contribution in [3.8, 4) is 5.75 Å². The Morgan fingerprint density at radius 2 is 1.67 bits per heavy atom. The van der Waals surface area contributed by atoms with Crippen LogP contribution in [0.3, 0.4) is 0 Å². The minimum atomic E-state index is -1.89. The second-order valence-corrected chi connectivity index (χ2v) is 17.9. The molecule has 13 heteroatoms. The molecule has 0 bridgehead atoms. The Balaban J connectivity index is 1.20. The molecule has 2 aliphatic carbocycles. The number of amides is 2. The van der Waals surface area contributed by atoms with Crippen LogP contribution in [0.25, 0.3) is 5.57 Å². The molecule has 0 radical (unpaired) electrons. The summed E-state index contributed by atoms with van der Waals surface area (Å²) in [5.41, 5.74) is 3.62. The zero-order valence-electron chi connectivity index (χ0n) is 30.6. The Morgan fingerprint density at radius 3 is 2.33 bits per heavy atom. The zero-order chi connectivity index (χ0) is 38.7. The van der Waals surface area contributed by atoms with Crippen LogP contribution in [-0.4, -0.2) is 81.0 Å². The van der Waals surface area contributed by atoms with E-state index in [9.17, 15) is 18.0 Å². The lowest BCUT2D eigenvalue weighted by Gasteiger charge is -2.58. The molecule has 4 aliphatic rings. The van der Waals surface area contributed by atoms with Gasteiger partial charge in [-0.1, -0.05) is 83.3 Å². The highest BCUT2D eigenvalue weighted by Gasteiger charge is 2.71. The lowest BCUT2D eigenvalue weighted by Crippen LogP contribution is -2.72. The first-order valence-corrected chi connectivity index (χ1v) is 19.4. The number of hydrogen-bond acceptors (Lipinski definition) is 5. The average Bonchev–Trinajstić information content (AvgIpc) is 3.87. The molecule has 54 heavy (non-hydrogen) atoms. The molecule has 2 amide bonds. The van der Waals surface area contributed by atoms with Crippen molar-refractivity contribution in [3.05, 3.63) is 106 Å². The van der Waals surface area contributed by atoms with Crippen molar-refractivity contribution < 1.29 is 32.2 Å². The maximum atomic E-state index is 15.1. The third kappa shape index (κ3) is 7.08. The minimum absolute atomic E-state index is 0.0130. The molecule has 1 spiro atoms. The molecule has 3 atom stereocenters. The fraction of sp³-hybridized carbons (Fsp3) is 0.463. The van der Waals surface area contributed by atoms with E-state index in [0.717, 1.165) is 52.8 Å². The predicted molar refractivity (Wildman–Crippen MR) is 203 cm³/mol. The number of hydrogen-bond donors (Lipinski definition) is 0. The number of benzene rings is 3. The highest BCUT2D eigenvalue weighted by atomic mass is 35.6. The van der Waals surface area contributed by atoms with Gasteiger partial charge in [0.05, 0.1) is 18.7 Å². The number of likely N-dealkylation sites (N-methyl/N-ethyl adjacent to an activating group) is 1. The third-order valence-corrected chi connectivity index (χ3v) is 12.8. The van der Waals surface area contributed by atoms with Crippen LogP contribution in [0.1, 0.15) is 61.8 Å². The number of carbonyl (C=O) groups excluding carboxylic acids is 2. The van der Waals surface area contributed by atoms with E-state index in [1.54, 1.807) is 18.7 Å². The molecule has 2 aliphatic heterocycles. The van der Waals surface area contributed by atoms with Gasteiger partial charge in [-0.15, -0.1) is 0 Å². The summed E-state index contributed by atoms with van der Waals surface area (Å²) in [5, 5.41) is 0. The molecule has 3 aromatic rings. The second-order valence-electron chi connectivity index (χ2n) is 15.6. The normalized spacial score (nSPS) is 22.5. The molecule has 3 unspecified atom stereocenters. The summed E-state index contributed by atoms with van der Waals surface area (Å²) in [4.78, 5) is 35.1. The van der Waals surface area contributed by atoms with Crippen LogP contribution in [0.15, 0.2) is 66.2 Å². The fourth-order valence-electron chi connectivity index (χ4n) is 8.35. The second kappa shape index (κ2) is 14.6. The van der Waals surface area contributed by atoms with Gasteiger partial charge < -0.3 is 19.3 Å². The van der Waals surface area contributed by atoms with E-state index in [-0.39, 0.29) is 24.6 Å². The zero-order valence-corrected chi connectivity index (χ0v) is 32.9. The minimum Gasteiger partial charge on any atom is -0.488 e. The lowest BCUT2D eigenvalue weighted by molar-refractivity contribution is -0.132. The van der Waals surface area contributed by atoms with Gasteiger partial charge in [0.1, 0.15) is 0 Å². The van der Waals surface area contributed by atoms with Crippen molar-refractivity contribution in [2.75, 3.05) is 26.7 Å².